The summed E-state index contributed by atoms with van der Waals surface area (Å²) in [4.78, 5) is 26.5. The summed E-state index contributed by atoms with van der Waals surface area (Å²) in [5.74, 6) is -0.221. The van der Waals surface area contributed by atoms with Crippen LogP contribution < -0.4 is 10.6 Å². The van der Waals surface area contributed by atoms with E-state index in [4.69, 9.17) is 0 Å². The fourth-order valence-electron chi connectivity index (χ4n) is 1.09. The molecule has 0 bridgehead atoms. The van der Waals surface area contributed by atoms with E-state index in [1.165, 1.54) is 23.3 Å². The Hall–Kier alpha value is -1.85. The second-order valence-electron chi connectivity index (χ2n) is 4.43. The largest absolute Gasteiger partial charge is 0.350 e. The van der Waals surface area contributed by atoms with Crippen LogP contribution in [0.25, 0.3) is 0 Å². The molecule has 1 rings (SSSR count). The first kappa shape index (κ1) is 12.2. The van der Waals surface area contributed by atoms with Gasteiger partial charge < -0.3 is 10.6 Å². The Kier molecular flexibility index (Phi) is 3.65. The molecule has 1 aromatic heterocycles. The van der Waals surface area contributed by atoms with E-state index in [1.807, 2.05) is 20.8 Å². The molecule has 1 heterocycles. The number of imidazole rings is 1. The van der Waals surface area contributed by atoms with Gasteiger partial charge in [-0.15, -0.1) is 0 Å². The van der Waals surface area contributed by atoms with Gasteiger partial charge >= 0.3 is 6.03 Å². The van der Waals surface area contributed by atoms with Gasteiger partial charge in [-0.1, -0.05) is 0 Å². The smallest absolute Gasteiger partial charge is 0.327 e. The number of rotatable bonds is 2. The van der Waals surface area contributed by atoms with Crippen LogP contribution in [0.5, 0.6) is 0 Å². The highest BCUT2D eigenvalue weighted by molar-refractivity contribution is 5.85. The minimum atomic E-state index is -0.374. The molecule has 88 valence electrons. The van der Waals surface area contributed by atoms with Crippen LogP contribution in [0.1, 0.15) is 20.8 Å². The molecule has 0 aliphatic heterocycles. The molecular formula is C10H16N4O2. The highest BCUT2D eigenvalue weighted by Gasteiger charge is 2.14. The molecule has 6 nitrogen and oxygen atoms in total. The second kappa shape index (κ2) is 4.78. The average Bonchev–Trinajstić information content (AvgIpc) is 2.64. The Balaban J connectivity index is 2.35. The van der Waals surface area contributed by atoms with Gasteiger partial charge in [-0.3, -0.25) is 9.36 Å². The number of amides is 2. The van der Waals surface area contributed by atoms with Crippen molar-refractivity contribution >= 4 is 11.9 Å². The lowest BCUT2D eigenvalue weighted by atomic mass is 10.1. The second-order valence-corrected chi connectivity index (χ2v) is 4.43. The van der Waals surface area contributed by atoms with Crippen LogP contribution >= 0.6 is 0 Å². The number of carbonyl (C=O) groups excluding carboxylic acids is 2. The molecule has 16 heavy (non-hydrogen) atoms. The SMILES string of the molecule is CC(C)(C)NC(=O)CNC(=O)n1ccnc1. The van der Waals surface area contributed by atoms with Gasteiger partial charge in [0.1, 0.15) is 6.33 Å². The van der Waals surface area contributed by atoms with Crippen molar-refractivity contribution in [3.8, 4) is 0 Å². The molecule has 0 aliphatic rings. The van der Waals surface area contributed by atoms with Crippen LogP contribution in [0.4, 0.5) is 4.79 Å². The number of nitrogens with one attached hydrogen (secondary N) is 2. The van der Waals surface area contributed by atoms with Crippen molar-refractivity contribution < 1.29 is 9.59 Å². The minimum Gasteiger partial charge on any atom is -0.350 e. The number of hydrogen-bond donors (Lipinski definition) is 2. The van der Waals surface area contributed by atoms with Crippen LogP contribution in [0, 0.1) is 0 Å². The van der Waals surface area contributed by atoms with E-state index in [0.29, 0.717) is 0 Å². The van der Waals surface area contributed by atoms with E-state index in [2.05, 4.69) is 15.6 Å². The highest BCUT2D eigenvalue weighted by atomic mass is 16.2. The quantitative estimate of drug-likeness (QED) is 0.761. The van der Waals surface area contributed by atoms with Crippen LogP contribution in [-0.4, -0.2) is 33.6 Å². The van der Waals surface area contributed by atoms with Crippen molar-refractivity contribution in [2.24, 2.45) is 0 Å². The van der Waals surface area contributed by atoms with Gasteiger partial charge in [0.05, 0.1) is 6.54 Å². The van der Waals surface area contributed by atoms with E-state index in [0.717, 1.165) is 0 Å². The summed E-state index contributed by atoms with van der Waals surface area (Å²) in [7, 11) is 0. The van der Waals surface area contributed by atoms with Gasteiger partial charge in [-0.25, -0.2) is 9.78 Å². The zero-order valence-corrected chi connectivity index (χ0v) is 9.65. The molecule has 2 N–H and O–H groups in total. The predicted molar refractivity (Wildman–Crippen MR) is 58.9 cm³/mol. The molecule has 0 saturated heterocycles. The lowest BCUT2D eigenvalue weighted by molar-refractivity contribution is -0.121. The Labute approximate surface area is 94.0 Å². The molecule has 1 aromatic rings. The molecule has 0 spiro atoms. The standard InChI is InChI=1S/C10H16N4O2/c1-10(2,3)13-8(15)6-12-9(16)14-5-4-11-7-14/h4-5,7H,6H2,1-3H3,(H,12,16)(H,13,15). The van der Waals surface area contributed by atoms with E-state index in [-0.39, 0.29) is 24.0 Å². The first-order valence-corrected chi connectivity index (χ1v) is 4.96. The molecule has 6 heteroatoms. The van der Waals surface area contributed by atoms with Gasteiger partial charge in [-0.2, -0.15) is 0 Å². The molecule has 0 aliphatic carbocycles. The molecule has 0 fully saturated rings. The van der Waals surface area contributed by atoms with Crippen molar-refractivity contribution in [1.29, 1.82) is 0 Å². The maximum absolute atomic E-state index is 11.4. The summed E-state index contributed by atoms with van der Waals surface area (Å²) in [5, 5.41) is 5.22. The third kappa shape index (κ3) is 4.12. The van der Waals surface area contributed by atoms with Crippen LogP contribution in [-0.2, 0) is 4.79 Å². The monoisotopic (exact) mass is 224 g/mol. The molecule has 0 aromatic carbocycles. The Bertz CT molecular complexity index is 365. The van der Waals surface area contributed by atoms with Crippen LogP contribution in [0.3, 0.4) is 0 Å². The van der Waals surface area contributed by atoms with Crippen molar-refractivity contribution in [2.45, 2.75) is 26.3 Å². The van der Waals surface area contributed by atoms with Crippen molar-refractivity contribution in [1.82, 2.24) is 20.2 Å². The Morgan fingerprint density at radius 1 is 1.38 bits per heavy atom. The zero-order chi connectivity index (χ0) is 12.2. The van der Waals surface area contributed by atoms with Gasteiger partial charge in [0.2, 0.25) is 5.91 Å². The summed E-state index contributed by atoms with van der Waals surface area (Å²) >= 11 is 0. The van der Waals surface area contributed by atoms with Crippen LogP contribution in [0.2, 0.25) is 0 Å². The summed E-state index contributed by atoms with van der Waals surface area (Å²) in [6.45, 7) is 5.59. The van der Waals surface area contributed by atoms with Gasteiger partial charge in [0, 0.05) is 17.9 Å². The van der Waals surface area contributed by atoms with E-state index < -0.39 is 0 Å². The first-order valence-electron chi connectivity index (χ1n) is 4.96. The fourth-order valence-corrected chi connectivity index (χ4v) is 1.09. The van der Waals surface area contributed by atoms with E-state index >= 15 is 0 Å². The molecule has 0 atom stereocenters. The van der Waals surface area contributed by atoms with Crippen molar-refractivity contribution in [3.05, 3.63) is 18.7 Å². The number of aromatic nitrogens is 2. The third-order valence-electron chi connectivity index (χ3n) is 1.65. The minimum absolute atomic E-state index is 0.0473. The van der Waals surface area contributed by atoms with E-state index in [1.54, 1.807) is 0 Å². The maximum Gasteiger partial charge on any atom is 0.327 e. The molecule has 2 amide bonds. The topological polar surface area (TPSA) is 76.0 Å². The van der Waals surface area contributed by atoms with Crippen LogP contribution in [0.15, 0.2) is 18.7 Å². The number of hydrogen-bond acceptors (Lipinski definition) is 3. The van der Waals surface area contributed by atoms with Gasteiger partial charge in [-0.05, 0) is 20.8 Å². The first-order chi connectivity index (χ1) is 7.38. The summed E-state index contributed by atoms with van der Waals surface area (Å²) in [6, 6.07) is -0.374. The summed E-state index contributed by atoms with van der Waals surface area (Å²) in [5.41, 5.74) is -0.295. The lowest BCUT2D eigenvalue weighted by Gasteiger charge is -2.20. The van der Waals surface area contributed by atoms with Crippen molar-refractivity contribution in [3.63, 3.8) is 0 Å². The fraction of sp³-hybridized carbons (Fsp3) is 0.500. The number of nitrogens with zero attached hydrogens (tertiary/aromatic N) is 2. The molecule has 0 radical (unpaired) electrons. The van der Waals surface area contributed by atoms with Gasteiger partial charge in [0.15, 0.2) is 0 Å². The maximum atomic E-state index is 11.4. The Morgan fingerprint density at radius 3 is 2.56 bits per heavy atom. The predicted octanol–water partition coefficient (Wildman–Crippen LogP) is 0.355. The third-order valence-corrected chi connectivity index (χ3v) is 1.65. The molecule has 0 unspecified atom stereocenters. The van der Waals surface area contributed by atoms with Crippen molar-refractivity contribution in [2.75, 3.05) is 6.54 Å². The van der Waals surface area contributed by atoms with E-state index in [9.17, 15) is 9.59 Å². The molecular weight excluding hydrogens is 208 g/mol. The van der Waals surface area contributed by atoms with Gasteiger partial charge in [0.25, 0.3) is 0 Å². The summed E-state index contributed by atoms with van der Waals surface area (Å²) < 4.78 is 1.27. The number of carbonyl (C=O) groups is 2. The summed E-state index contributed by atoms with van der Waals surface area (Å²) in [6.07, 6.45) is 4.38. The molecule has 0 saturated carbocycles. The lowest BCUT2D eigenvalue weighted by Crippen LogP contribution is -2.46. The highest BCUT2D eigenvalue weighted by Crippen LogP contribution is 1.97. The Morgan fingerprint density at radius 2 is 2.06 bits per heavy atom. The average molecular weight is 224 g/mol. The normalized spacial score (nSPS) is 10.9. The zero-order valence-electron chi connectivity index (χ0n) is 9.65.